The predicted octanol–water partition coefficient (Wildman–Crippen LogP) is 3.36. The summed E-state index contributed by atoms with van der Waals surface area (Å²) in [6.07, 6.45) is 2.22. The monoisotopic (exact) mass is 334 g/mol. The number of aryl methyl sites for hydroxylation is 1. The molecule has 2 aromatic rings. The number of nitrogens with one attached hydrogen (secondary N) is 1. The smallest absolute Gasteiger partial charge is 0.252 e. The lowest BCUT2D eigenvalue weighted by Gasteiger charge is -2.03. The quantitative estimate of drug-likeness (QED) is 0.714. The molecule has 0 aliphatic rings. The average Bonchev–Trinajstić information content (AvgIpc) is 3.01. The number of carbonyl (C=O) groups is 1. The lowest BCUT2D eigenvalue weighted by atomic mass is 10.1. The summed E-state index contributed by atoms with van der Waals surface area (Å²) < 4.78 is 10.0. The number of thiazole rings is 1. The van der Waals surface area contributed by atoms with E-state index in [0.717, 1.165) is 24.1 Å². The van der Waals surface area contributed by atoms with Crippen LogP contribution in [-0.4, -0.2) is 37.8 Å². The zero-order valence-electron chi connectivity index (χ0n) is 13.5. The number of methoxy groups -OCH3 is 1. The lowest BCUT2D eigenvalue weighted by molar-refractivity contribution is -0.121. The van der Waals surface area contributed by atoms with Crippen molar-refractivity contribution in [1.29, 1.82) is 0 Å². The highest BCUT2D eigenvalue weighted by molar-refractivity contribution is 7.14. The van der Waals surface area contributed by atoms with E-state index in [1.54, 1.807) is 7.11 Å². The van der Waals surface area contributed by atoms with E-state index in [2.05, 4.69) is 41.5 Å². The van der Waals surface area contributed by atoms with Crippen molar-refractivity contribution in [3.05, 3.63) is 35.2 Å². The Morgan fingerprint density at radius 1 is 1.26 bits per heavy atom. The van der Waals surface area contributed by atoms with Gasteiger partial charge in [-0.2, -0.15) is 0 Å². The number of benzene rings is 1. The molecule has 0 fully saturated rings. The predicted molar refractivity (Wildman–Crippen MR) is 92.9 cm³/mol. The van der Waals surface area contributed by atoms with Crippen LogP contribution in [-0.2, 0) is 20.7 Å². The van der Waals surface area contributed by atoms with Crippen molar-refractivity contribution in [2.24, 2.45) is 0 Å². The highest BCUT2D eigenvalue weighted by Gasteiger charge is 2.08. The molecule has 0 unspecified atom stereocenters. The van der Waals surface area contributed by atoms with Crippen LogP contribution >= 0.6 is 11.3 Å². The zero-order valence-corrected chi connectivity index (χ0v) is 14.3. The molecule has 0 spiro atoms. The van der Waals surface area contributed by atoms with Gasteiger partial charge in [-0.1, -0.05) is 37.6 Å². The van der Waals surface area contributed by atoms with E-state index in [0.29, 0.717) is 18.3 Å². The van der Waals surface area contributed by atoms with Gasteiger partial charge in [-0.15, -0.1) is 11.3 Å². The maximum absolute atomic E-state index is 11.7. The normalized spacial score (nSPS) is 10.7. The molecule has 5 nitrogen and oxygen atoms in total. The van der Waals surface area contributed by atoms with Gasteiger partial charge >= 0.3 is 0 Å². The Morgan fingerprint density at radius 3 is 2.74 bits per heavy atom. The molecule has 0 bridgehead atoms. The molecule has 0 radical (unpaired) electrons. The number of amides is 1. The fourth-order valence-electron chi connectivity index (χ4n) is 2.06. The first-order chi connectivity index (χ1) is 11.2. The summed E-state index contributed by atoms with van der Waals surface area (Å²) in [5.41, 5.74) is 3.25. The van der Waals surface area contributed by atoms with Crippen molar-refractivity contribution in [3.8, 4) is 11.3 Å². The Balaban J connectivity index is 1.88. The van der Waals surface area contributed by atoms with Crippen molar-refractivity contribution >= 4 is 22.4 Å². The highest BCUT2D eigenvalue weighted by atomic mass is 32.1. The molecule has 0 aliphatic carbocycles. The third-order valence-corrected chi connectivity index (χ3v) is 3.96. The Labute approximate surface area is 140 Å². The molecule has 1 aromatic carbocycles. The van der Waals surface area contributed by atoms with Crippen molar-refractivity contribution in [3.63, 3.8) is 0 Å². The third kappa shape index (κ3) is 5.74. The molecule has 2 rings (SSSR count). The van der Waals surface area contributed by atoms with Gasteiger partial charge in [-0.25, -0.2) is 4.98 Å². The first-order valence-electron chi connectivity index (χ1n) is 7.64. The molecule has 124 valence electrons. The number of anilines is 1. The van der Waals surface area contributed by atoms with E-state index in [1.165, 1.54) is 16.9 Å². The zero-order chi connectivity index (χ0) is 16.5. The minimum atomic E-state index is -0.208. The Kier molecular flexibility index (Phi) is 7.19. The first-order valence-corrected chi connectivity index (χ1v) is 8.52. The second-order valence-corrected chi connectivity index (χ2v) is 5.94. The molecule has 1 amide bonds. The largest absolute Gasteiger partial charge is 0.382 e. The third-order valence-electron chi connectivity index (χ3n) is 3.20. The maximum Gasteiger partial charge on any atom is 0.252 e. The SMILES string of the molecule is CCCc1ccc(-c2csc(NC(=O)COCCOC)n2)cc1. The number of nitrogens with zero attached hydrogens (tertiary/aromatic N) is 1. The molecule has 0 atom stereocenters. The van der Waals surface area contributed by atoms with Crippen molar-refractivity contribution in [1.82, 2.24) is 4.98 Å². The second-order valence-electron chi connectivity index (χ2n) is 5.08. The fourth-order valence-corrected chi connectivity index (χ4v) is 2.79. The summed E-state index contributed by atoms with van der Waals surface area (Å²) in [4.78, 5) is 16.2. The summed E-state index contributed by atoms with van der Waals surface area (Å²) in [6, 6.07) is 8.39. The number of hydrogen-bond acceptors (Lipinski definition) is 5. The number of carbonyl (C=O) groups excluding carboxylic acids is 1. The Bertz CT molecular complexity index is 611. The molecular weight excluding hydrogens is 312 g/mol. The highest BCUT2D eigenvalue weighted by Crippen LogP contribution is 2.25. The van der Waals surface area contributed by atoms with Gasteiger partial charge in [0.15, 0.2) is 5.13 Å². The van der Waals surface area contributed by atoms with Crippen LogP contribution in [0, 0.1) is 0 Å². The molecule has 6 heteroatoms. The molecule has 1 N–H and O–H groups in total. The molecular formula is C17H22N2O3S. The van der Waals surface area contributed by atoms with E-state index in [9.17, 15) is 4.79 Å². The summed E-state index contributed by atoms with van der Waals surface area (Å²) in [5, 5.41) is 5.27. The van der Waals surface area contributed by atoms with Crippen molar-refractivity contribution < 1.29 is 14.3 Å². The first kappa shape index (κ1) is 17.6. The van der Waals surface area contributed by atoms with Crippen LogP contribution in [0.5, 0.6) is 0 Å². The van der Waals surface area contributed by atoms with Crippen LogP contribution in [0.25, 0.3) is 11.3 Å². The number of rotatable bonds is 9. The van der Waals surface area contributed by atoms with E-state index < -0.39 is 0 Å². The van der Waals surface area contributed by atoms with Gasteiger partial charge in [0.1, 0.15) is 6.61 Å². The average molecular weight is 334 g/mol. The van der Waals surface area contributed by atoms with Gasteiger partial charge < -0.3 is 9.47 Å². The summed E-state index contributed by atoms with van der Waals surface area (Å²) >= 11 is 1.41. The molecule has 0 saturated heterocycles. The van der Waals surface area contributed by atoms with Crippen LogP contribution in [0.15, 0.2) is 29.6 Å². The van der Waals surface area contributed by atoms with E-state index in [-0.39, 0.29) is 12.5 Å². The standard InChI is InChI=1S/C17H22N2O3S/c1-3-4-13-5-7-14(8-6-13)15-12-23-17(18-15)19-16(20)11-22-10-9-21-2/h5-8,12H,3-4,9-11H2,1-2H3,(H,18,19,20). The molecule has 23 heavy (non-hydrogen) atoms. The molecule has 1 heterocycles. The van der Waals surface area contributed by atoms with E-state index >= 15 is 0 Å². The van der Waals surface area contributed by atoms with Crippen LogP contribution < -0.4 is 5.32 Å². The number of hydrogen-bond donors (Lipinski definition) is 1. The molecule has 1 aromatic heterocycles. The molecule has 0 saturated carbocycles. The fraction of sp³-hybridized carbons (Fsp3) is 0.412. The minimum Gasteiger partial charge on any atom is -0.382 e. The van der Waals surface area contributed by atoms with Crippen LogP contribution in [0.1, 0.15) is 18.9 Å². The van der Waals surface area contributed by atoms with Gasteiger partial charge in [-0.3, -0.25) is 10.1 Å². The van der Waals surface area contributed by atoms with Gasteiger partial charge in [0.25, 0.3) is 5.91 Å². The van der Waals surface area contributed by atoms with Crippen LogP contribution in [0.3, 0.4) is 0 Å². The topological polar surface area (TPSA) is 60.5 Å². The summed E-state index contributed by atoms with van der Waals surface area (Å²) in [7, 11) is 1.59. The van der Waals surface area contributed by atoms with E-state index in [1.807, 2.05) is 5.38 Å². The van der Waals surface area contributed by atoms with Gasteiger partial charge in [0, 0.05) is 18.1 Å². The number of ether oxygens (including phenoxy) is 2. The minimum absolute atomic E-state index is 0.00396. The van der Waals surface area contributed by atoms with Gasteiger partial charge in [0.2, 0.25) is 0 Å². The maximum atomic E-state index is 11.7. The van der Waals surface area contributed by atoms with Gasteiger partial charge in [0.05, 0.1) is 18.9 Å². The van der Waals surface area contributed by atoms with Crippen molar-refractivity contribution in [2.45, 2.75) is 19.8 Å². The lowest BCUT2D eigenvalue weighted by Crippen LogP contribution is -2.19. The Morgan fingerprint density at radius 2 is 2.04 bits per heavy atom. The summed E-state index contributed by atoms with van der Waals surface area (Å²) in [6.45, 7) is 3.05. The summed E-state index contributed by atoms with van der Waals surface area (Å²) in [5.74, 6) is -0.208. The molecule has 0 aliphatic heterocycles. The van der Waals surface area contributed by atoms with Crippen molar-refractivity contribution in [2.75, 3.05) is 32.2 Å². The van der Waals surface area contributed by atoms with Crippen LogP contribution in [0.4, 0.5) is 5.13 Å². The Hall–Kier alpha value is -1.76. The second kappa shape index (κ2) is 9.39. The number of aromatic nitrogens is 1. The van der Waals surface area contributed by atoms with Gasteiger partial charge in [-0.05, 0) is 12.0 Å². The van der Waals surface area contributed by atoms with Crippen LogP contribution in [0.2, 0.25) is 0 Å². The van der Waals surface area contributed by atoms with E-state index in [4.69, 9.17) is 9.47 Å².